The van der Waals surface area contributed by atoms with E-state index in [2.05, 4.69) is 5.32 Å². The fraction of sp³-hybridized carbons (Fsp3) is 0.545. The Morgan fingerprint density at radius 1 is 1.55 bits per heavy atom. The van der Waals surface area contributed by atoms with Crippen LogP contribution in [-0.2, 0) is 9.53 Å². The van der Waals surface area contributed by atoms with Crippen molar-refractivity contribution in [3.63, 3.8) is 0 Å². The molecule has 0 aromatic carbocycles. The van der Waals surface area contributed by atoms with E-state index in [1.165, 1.54) is 13.1 Å². The maximum absolute atomic E-state index is 11.7. The summed E-state index contributed by atoms with van der Waals surface area (Å²) in [6, 6.07) is 0.262. The van der Waals surface area contributed by atoms with Gasteiger partial charge in [-0.2, -0.15) is 0 Å². The smallest absolute Gasteiger partial charge is 0.330 e. The fourth-order valence-electron chi connectivity index (χ4n) is 2.17. The summed E-state index contributed by atoms with van der Waals surface area (Å²) >= 11 is 0. The van der Waals surface area contributed by atoms with Crippen LogP contribution in [0.1, 0.15) is 13.2 Å². The van der Waals surface area contributed by atoms with Crippen LogP contribution in [0.25, 0.3) is 0 Å². The average Bonchev–Trinajstić information content (AvgIpc) is 2.67. The summed E-state index contributed by atoms with van der Waals surface area (Å²) in [7, 11) is 0. The predicted molar refractivity (Wildman–Crippen MR) is 65.9 cm³/mol. The van der Waals surface area contributed by atoms with Crippen molar-refractivity contribution in [3.05, 3.63) is 33.1 Å². The maximum Gasteiger partial charge on any atom is 0.330 e. The number of nitrogens with one attached hydrogen (secondary N) is 2. The van der Waals surface area contributed by atoms with E-state index in [1.54, 1.807) is 0 Å². The number of ether oxygens (including phenoxy) is 1. The van der Waals surface area contributed by atoms with Gasteiger partial charge in [-0.3, -0.25) is 19.1 Å². The second kappa shape index (κ2) is 5.57. The van der Waals surface area contributed by atoms with Crippen LogP contribution in [-0.4, -0.2) is 50.5 Å². The largest absolute Gasteiger partial charge is 0.394 e. The highest BCUT2D eigenvalue weighted by atomic mass is 16.5. The van der Waals surface area contributed by atoms with Gasteiger partial charge in [-0.25, -0.2) is 4.79 Å². The zero-order chi connectivity index (χ0) is 14.9. The molecule has 2 heterocycles. The van der Waals surface area contributed by atoms with Gasteiger partial charge in [0.15, 0.2) is 6.23 Å². The van der Waals surface area contributed by atoms with Crippen LogP contribution in [0.5, 0.6) is 0 Å². The van der Waals surface area contributed by atoms with E-state index in [9.17, 15) is 24.6 Å². The van der Waals surface area contributed by atoms with Crippen LogP contribution in [0.3, 0.4) is 0 Å². The summed E-state index contributed by atoms with van der Waals surface area (Å²) in [5.74, 6) is -0.398. The second-order valence-corrected chi connectivity index (χ2v) is 4.48. The predicted octanol–water partition coefficient (Wildman–Crippen LogP) is -2.71. The molecule has 1 aliphatic heterocycles. The van der Waals surface area contributed by atoms with Crippen molar-refractivity contribution in [1.29, 1.82) is 0 Å². The highest BCUT2D eigenvalue weighted by molar-refractivity contribution is 5.73. The molecule has 4 N–H and O–H groups in total. The van der Waals surface area contributed by atoms with Crippen molar-refractivity contribution in [3.8, 4) is 0 Å². The first kappa shape index (κ1) is 14.4. The quantitative estimate of drug-likeness (QED) is 0.477. The molecule has 0 aliphatic carbocycles. The normalized spacial score (nSPS) is 29.4. The Morgan fingerprint density at radius 2 is 2.25 bits per heavy atom. The molecule has 9 heteroatoms. The van der Waals surface area contributed by atoms with E-state index in [0.29, 0.717) is 0 Å². The third-order valence-corrected chi connectivity index (χ3v) is 3.05. The van der Waals surface area contributed by atoms with Gasteiger partial charge in [-0.05, 0) is 0 Å². The molecule has 0 radical (unpaired) electrons. The molecular weight excluding hydrogens is 270 g/mol. The molecule has 1 saturated heterocycles. The summed E-state index contributed by atoms with van der Waals surface area (Å²) in [4.78, 5) is 35.8. The van der Waals surface area contributed by atoms with E-state index in [-0.39, 0.29) is 0 Å². The van der Waals surface area contributed by atoms with Crippen LogP contribution < -0.4 is 16.6 Å². The molecule has 110 valence electrons. The van der Waals surface area contributed by atoms with Crippen molar-refractivity contribution in [1.82, 2.24) is 14.9 Å². The number of amides is 1. The number of rotatable bonds is 3. The standard InChI is InChI=1S/C11H15N3O6/c1-5(16)12-8-6(4-15)20-10(9(8)18)14-3-2-7(17)13-11(14)19/h2-3,6,8-10,15,18H,4H2,1H3,(H,12,16)(H,13,17,19)/t6-,8?,9-,10-/m1/s1. The molecule has 0 saturated carbocycles. The van der Waals surface area contributed by atoms with E-state index in [1.807, 2.05) is 4.98 Å². The lowest BCUT2D eigenvalue weighted by Crippen LogP contribution is -2.48. The van der Waals surface area contributed by atoms with Gasteiger partial charge in [0.25, 0.3) is 5.56 Å². The Hall–Kier alpha value is -1.97. The lowest BCUT2D eigenvalue weighted by atomic mass is 10.1. The van der Waals surface area contributed by atoms with E-state index in [0.717, 1.165) is 10.6 Å². The summed E-state index contributed by atoms with van der Waals surface area (Å²) in [6.07, 6.45) is -2.01. The van der Waals surface area contributed by atoms with E-state index >= 15 is 0 Å². The number of hydrogen-bond acceptors (Lipinski definition) is 6. The summed E-state index contributed by atoms with van der Waals surface area (Å²) in [6.45, 7) is 0.831. The van der Waals surface area contributed by atoms with Crippen molar-refractivity contribution >= 4 is 5.91 Å². The first-order chi connectivity index (χ1) is 9.43. The third kappa shape index (κ3) is 2.64. The molecule has 1 unspecified atom stereocenters. The Bertz CT molecular complexity index is 609. The van der Waals surface area contributed by atoms with Gasteiger partial charge in [0.1, 0.15) is 12.2 Å². The summed E-state index contributed by atoms with van der Waals surface area (Å²) in [5.41, 5.74) is -1.32. The number of aromatic nitrogens is 2. The number of aliphatic hydroxyl groups is 2. The first-order valence-electron chi connectivity index (χ1n) is 5.97. The molecule has 1 aliphatic rings. The highest BCUT2D eigenvalue weighted by Crippen LogP contribution is 2.27. The van der Waals surface area contributed by atoms with Crippen molar-refractivity contribution in [2.45, 2.75) is 31.4 Å². The topological polar surface area (TPSA) is 134 Å². The number of carbonyl (C=O) groups is 1. The van der Waals surface area contributed by atoms with Crippen LogP contribution in [0.4, 0.5) is 0 Å². The fourth-order valence-corrected chi connectivity index (χ4v) is 2.17. The minimum absolute atomic E-state index is 0.398. The van der Waals surface area contributed by atoms with E-state index < -0.39 is 48.2 Å². The van der Waals surface area contributed by atoms with Gasteiger partial charge < -0.3 is 20.3 Å². The zero-order valence-electron chi connectivity index (χ0n) is 10.6. The molecule has 9 nitrogen and oxygen atoms in total. The Morgan fingerprint density at radius 3 is 2.80 bits per heavy atom. The molecule has 0 spiro atoms. The Balaban J connectivity index is 2.32. The van der Waals surface area contributed by atoms with Gasteiger partial charge in [0, 0.05) is 19.2 Å². The van der Waals surface area contributed by atoms with Crippen LogP contribution in [0.2, 0.25) is 0 Å². The first-order valence-corrected chi connectivity index (χ1v) is 5.97. The number of hydrogen-bond donors (Lipinski definition) is 4. The molecular formula is C11H15N3O6. The molecule has 4 atom stereocenters. The number of carbonyl (C=O) groups excluding carboxylic acids is 1. The van der Waals surface area contributed by atoms with Gasteiger partial charge in [0.2, 0.25) is 5.91 Å². The summed E-state index contributed by atoms with van der Waals surface area (Å²) < 4.78 is 6.37. The maximum atomic E-state index is 11.7. The minimum Gasteiger partial charge on any atom is -0.394 e. The van der Waals surface area contributed by atoms with Crippen molar-refractivity contribution in [2.24, 2.45) is 0 Å². The number of H-pyrrole nitrogens is 1. The zero-order valence-corrected chi connectivity index (χ0v) is 10.6. The van der Waals surface area contributed by atoms with Crippen LogP contribution in [0, 0.1) is 0 Å². The minimum atomic E-state index is -1.24. The van der Waals surface area contributed by atoms with Gasteiger partial charge in [-0.15, -0.1) is 0 Å². The van der Waals surface area contributed by atoms with Crippen LogP contribution in [0.15, 0.2) is 21.9 Å². The molecule has 1 aromatic rings. The average molecular weight is 285 g/mol. The molecule has 1 fully saturated rings. The number of aromatic amines is 1. The van der Waals surface area contributed by atoms with E-state index in [4.69, 9.17) is 4.74 Å². The monoisotopic (exact) mass is 285 g/mol. The highest BCUT2D eigenvalue weighted by Gasteiger charge is 2.45. The van der Waals surface area contributed by atoms with Gasteiger partial charge in [-0.1, -0.05) is 0 Å². The Kier molecular flexibility index (Phi) is 4.02. The molecule has 1 aromatic heterocycles. The molecule has 0 bridgehead atoms. The number of nitrogens with zero attached hydrogens (tertiary/aromatic N) is 1. The summed E-state index contributed by atoms with van der Waals surface area (Å²) in [5, 5.41) is 21.8. The van der Waals surface area contributed by atoms with Gasteiger partial charge in [0.05, 0.1) is 12.6 Å². The SMILES string of the molecule is CC(=O)NC1[C@@H](O)[C@H](n2ccc(=O)[nH]c2=O)O[C@@H]1CO. The molecule has 20 heavy (non-hydrogen) atoms. The van der Waals surface area contributed by atoms with Crippen molar-refractivity contribution < 1.29 is 19.7 Å². The molecule has 2 rings (SSSR count). The lowest BCUT2D eigenvalue weighted by Gasteiger charge is -2.19. The second-order valence-electron chi connectivity index (χ2n) is 4.48. The molecule has 1 amide bonds. The van der Waals surface area contributed by atoms with Gasteiger partial charge >= 0.3 is 5.69 Å². The number of aliphatic hydroxyl groups excluding tert-OH is 2. The third-order valence-electron chi connectivity index (χ3n) is 3.05. The van der Waals surface area contributed by atoms with Crippen molar-refractivity contribution in [2.75, 3.05) is 6.61 Å². The Labute approximate surface area is 112 Å². The lowest BCUT2D eigenvalue weighted by molar-refractivity contribution is -0.120. The van der Waals surface area contributed by atoms with Crippen LogP contribution >= 0.6 is 0 Å².